The van der Waals surface area contributed by atoms with Crippen molar-refractivity contribution in [3.63, 3.8) is 0 Å². The molecule has 1 aromatic heterocycles. The van der Waals surface area contributed by atoms with Crippen molar-refractivity contribution in [2.24, 2.45) is 0 Å². The van der Waals surface area contributed by atoms with Crippen LogP contribution in [0.15, 0.2) is 48.5 Å². The molecule has 1 saturated heterocycles. The molecule has 6 nitrogen and oxygen atoms in total. The van der Waals surface area contributed by atoms with Crippen molar-refractivity contribution in [1.29, 1.82) is 0 Å². The van der Waals surface area contributed by atoms with Gasteiger partial charge in [-0.1, -0.05) is 36.4 Å². The van der Waals surface area contributed by atoms with Gasteiger partial charge in [0.15, 0.2) is 5.82 Å². The number of hydrogen-bond donors (Lipinski definition) is 0. The zero-order chi connectivity index (χ0) is 24.7. The van der Waals surface area contributed by atoms with Gasteiger partial charge in [0, 0.05) is 42.0 Å². The second kappa shape index (κ2) is 8.77. The number of amides is 1. The number of carbonyl (C=O) groups is 1. The van der Waals surface area contributed by atoms with E-state index in [0.717, 1.165) is 22.9 Å². The zero-order valence-corrected chi connectivity index (χ0v) is 19.6. The zero-order valence-electron chi connectivity index (χ0n) is 19.6. The minimum atomic E-state index is -4.39. The van der Waals surface area contributed by atoms with Gasteiger partial charge in [-0.2, -0.15) is 13.2 Å². The van der Waals surface area contributed by atoms with Gasteiger partial charge in [0.05, 0.1) is 5.56 Å². The Balaban J connectivity index is 1.62. The lowest BCUT2D eigenvalue weighted by Crippen LogP contribution is -2.55. The maximum Gasteiger partial charge on any atom is 0.416 e. The molecule has 0 N–H and O–H groups in total. The van der Waals surface area contributed by atoms with Gasteiger partial charge in [0.25, 0.3) is 0 Å². The molecule has 0 unspecified atom stereocenters. The largest absolute Gasteiger partial charge is 0.444 e. The third-order valence-electron chi connectivity index (χ3n) is 5.71. The van der Waals surface area contributed by atoms with E-state index in [0.29, 0.717) is 36.7 Å². The Labute approximate surface area is 196 Å². The molecule has 0 spiro atoms. The van der Waals surface area contributed by atoms with E-state index in [9.17, 15) is 18.0 Å². The summed E-state index contributed by atoms with van der Waals surface area (Å²) in [6.45, 7) is 9.07. The predicted octanol–water partition coefficient (Wildman–Crippen LogP) is 5.76. The molecule has 1 aliphatic heterocycles. The number of nitrogens with zero attached hydrogens (tertiary/aromatic N) is 4. The van der Waals surface area contributed by atoms with E-state index in [1.54, 1.807) is 4.90 Å². The number of carbonyl (C=O) groups excluding carboxylic acids is 1. The van der Waals surface area contributed by atoms with Crippen LogP contribution in [0.2, 0.25) is 0 Å². The lowest BCUT2D eigenvalue weighted by Gasteiger charge is -2.40. The molecule has 2 heterocycles. The van der Waals surface area contributed by atoms with Crippen LogP contribution in [-0.4, -0.2) is 52.5 Å². The van der Waals surface area contributed by atoms with E-state index >= 15 is 0 Å². The third kappa shape index (κ3) is 4.93. The van der Waals surface area contributed by atoms with E-state index in [4.69, 9.17) is 4.74 Å². The van der Waals surface area contributed by atoms with Gasteiger partial charge in [-0.3, -0.25) is 0 Å². The van der Waals surface area contributed by atoms with Crippen LogP contribution in [0.4, 0.5) is 23.8 Å². The normalized spacial score (nSPS) is 17.2. The second-order valence-electron chi connectivity index (χ2n) is 9.46. The Kier molecular flexibility index (Phi) is 6.14. The summed E-state index contributed by atoms with van der Waals surface area (Å²) >= 11 is 0. The van der Waals surface area contributed by atoms with Crippen LogP contribution in [-0.2, 0) is 10.9 Å². The van der Waals surface area contributed by atoms with Crippen molar-refractivity contribution in [3.8, 4) is 11.3 Å². The fraction of sp³-hybridized carbons (Fsp3) is 0.400. The third-order valence-corrected chi connectivity index (χ3v) is 5.71. The van der Waals surface area contributed by atoms with Gasteiger partial charge in [-0.05, 0) is 39.8 Å². The molecule has 0 saturated carbocycles. The number of benzene rings is 2. The first-order chi connectivity index (χ1) is 15.9. The minimum absolute atomic E-state index is 0.0984. The van der Waals surface area contributed by atoms with Crippen LogP contribution in [0.1, 0.15) is 33.3 Å². The lowest BCUT2D eigenvalue weighted by atomic mass is 10.0. The number of hydrogen-bond acceptors (Lipinski definition) is 5. The Bertz CT molecular complexity index is 1190. The van der Waals surface area contributed by atoms with Gasteiger partial charge in [0.1, 0.15) is 11.3 Å². The molecule has 3 aromatic rings. The standard InChI is InChI=1S/C25H27F3N4O2/c1-16-15-31(13-14-32(16)23(33)34-24(2,3)4)22-20-8-6-5-7-19(20)21(29-30-22)17-9-11-18(12-10-17)25(26,27)28/h5-12,16H,13-15H2,1-4H3/t16-/m0/s1. The summed E-state index contributed by atoms with van der Waals surface area (Å²) in [6.07, 6.45) is -4.73. The molecule has 9 heteroatoms. The Morgan fingerprint density at radius 3 is 2.21 bits per heavy atom. The van der Waals surface area contributed by atoms with Crippen LogP contribution < -0.4 is 4.90 Å². The first kappa shape index (κ1) is 23.8. The van der Waals surface area contributed by atoms with Crippen molar-refractivity contribution >= 4 is 22.7 Å². The highest BCUT2D eigenvalue weighted by Crippen LogP contribution is 2.34. The Hall–Kier alpha value is -3.36. The van der Waals surface area contributed by atoms with E-state index in [-0.39, 0.29) is 12.1 Å². The van der Waals surface area contributed by atoms with Crippen LogP contribution in [0, 0.1) is 0 Å². The number of aromatic nitrogens is 2. The molecule has 0 radical (unpaired) electrons. The number of piperazine rings is 1. The monoisotopic (exact) mass is 472 g/mol. The van der Waals surface area contributed by atoms with Gasteiger partial charge in [-0.25, -0.2) is 4.79 Å². The summed E-state index contributed by atoms with van der Waals surface area (Å²) in [6, 6.07) is 12.4. The number of rotatable bonds is 2. The van der Waals surface area contributed by atoms with E-state index < -0.39 is 17.3 Å². The van der Waals surface area contributed by atoms with Crippen molar-refractivity contribution in [3.05, 3.63) is 54.1 Å². The first-order valence-electron chi connectivity index (χ1n) is 11.1. The summed E-state index contributed by atoms with van der Waals surface area (Å²) < 4.78 is 44.4. The lowest BCUT2D eigenvalue weighted by molar-refractivity contribution is -0.137. The molecule has 2 aromatic carbocycles. The molecule has 34 heavy (non-hydrogen) atoms. The van der Waals surface area contributed by atoms with Crippen LogP contribution >= 0.6 is 0 Å². The SMILES string of the molecule is C[C@H]1CN(c2nnc(-c3ccc(C(F)(F)F)cc3)c3ccccc23)CCN1C(=O)OC(C)(C)C. The summed E-state index contributed by atoms with van der Waals surface area (Å²) in [5.74, 6) is 0.682. The summed E-state index contributed by atoms with van der Waals surface area (Å²) in [7, 11) is 0. The maximum atomic E-state index is 13.0. The van der Waals surface area contributed by atoms with Gasteiger partial charge >= 0.3 is 12.3 Å². The van der Waals surface area contributed by atoms with E-state index in [2.05, 4.69) is 15.1 Å². The highest BCUT2D eigenvalue weighted by molar-refractivity contribution is 6.00. The quantitative estimate of drug-likeness (QED) is 0.475. The highest BCUT2D eigenvalue weighted by Gasteiger charge is 2.32. The number of fused-ring (bicyclic) bond motifs is 1. The molecule has 4 rings (SSSR count). The molecule has 0 bridgehead atoms. The smallest absolute Gasteiger partial charge is 0.416 e. The first-order valence-corrected chi connectivity index (χ1v) is 11.1. The highest BCUT2D eigenvalue weighted by atomic mass is 19.4. The second-order valence-corrected chi connectivity index (χ2v) is 9.46. The fourth-order valence-corrected chi connectivity index (χ4v) is 4.10. The molecule has 1 atom stereocenters. The summed E-state index contributed by atoms with van der Waals surface area (Å²) in [5, 5.41) is 10.5. The Morgan fingerprint density at radius 1 is 0.971 bits per heavy atom. The Morgan fingerprint density at radius 2 is 1.62 bits per heavy atom. The molecule has 1 aliphatic rings. The number of anilines is 1. The molecule has 0 aliphatic carbocycles. The molecular formula is C25H27F3N4O2. The maximum absolute atomic E-state index is 13.0. The van der Waals surface area contributed by atoms with Crippen LogP contribution in [0.25, 0.3) is 22.0 Å². The van der Waals surface area contributed by atoms with Gasteiger partial charge in [0.2, 0.25) is 0 Å². The van der Waals surface area contributed by atoms with Crippen LogP contribution in [0.5, 0.6) is 0 Å². The topological polar surface area (TPSA) is 58.6 Å². The summed E-state index contributed by atoms with van der Waals surface area (Å²) in [5.41, 5.74) is -0.189. The van der Waals surface area contributed by atoms with Crippen molar-refractivity contribution in [1.82, 2.24) is 15.1 Å². The number of alkyl halides is 3. The molecular weight excluding hydrogens is 445 g/mol. The van der Waals surface area contributed by atoms with Crippen molar-refractivity contribution in [2.75, 3.05) is 24.5 Å². The fourth-order valence-electron chi connectivity index (χ4n) is 4.10. The van der Waals surface area contributed by atoms with Crippen LogP contribution in [0.3, 0.4) is 0 Å². The number of halogens is 3. The molecule has 1 amide bonds. The van der Waals surface area contributed by atoms with Crippen molar-refractivity contribution in [2.45, 2.75) is 45.5 Å². The average Bonchev–Trinajstić information content (AvgIpc) is 2.76. The van der Waals surface area contributed by atoms with Gasteiger partial charge < -0.3 is 14.5 Å². The molecule has 1 fully saturated rings. The predicted molar refractivity (Wildman–Crippen MR) is 125 cm³/mol. The van der Waals surface area contributed by atoms with Gasteiger partial charge in [-0.15, -0.1) is 10.2 Å². The number of ether oxygens (including phenoxy) is 1. The average molecular weight is 473 g/mol. The summed E-state index contributed by atoms with van der Waals surface area (Å²) in [4.78, 5) is 16.4. The van der Waals surface area contributed by atoms with Crippen molar-refractivity contribution < 1.29 is 22.7 Å². The molecule has 180 valence electrons. The van der Waals surface area contributed by atoms with E-state index in [1.165, 1.54) is 12.1 Å². The van der Waals surface area contributed by atoms with E-state index in [1.807, 2.05) is 52.0 Å². The minimum Gasteiger partial charge on any atom is -0.444 e.